The average Bonchev–Trinajstić information content (AvgIpc) is 3.26. The lowest BCUT2D eigenvalue weighted by Gasteiger charge is -2.26. The van der Waals surface area contributed by atoms with Crippen LogP contribution in [0, 0.1) is 0 Å². The predicted octanol–water partition coefficient (Wildman–Crippen LogP) is 1.13. The molecule has 164 valence electrons. The summed E-state index contributed by atoms with van der Waals surface area (Å²) in [4.78, 5) is 29.7. The van der Waals surface area contributed by atoms with E-state index in [2.05, 4.69) is 10.3 Å². The maximum atomic E-state index is 13.1. The molecule has 0 atom stereocenters. The molecule has 0 saturated carbocycles. The minimum atomic E-state index is -3.83. The minimum Gasteiger partial charge on any atom is -0.495 e. The van der Waals surface area contributed by atoms with Crippen molar-refractivity contribution in [1.29, 1.82) is 0 Å². The van der Waals surface area contributed by atoms with Crippen LogP contribution in [0.5, 0.6) is 5.75 Å². The fraction of sp³-hybridized carbons (Fsp3) is 0.316. The monoisotopic (exact) mass is 464 g/mol. The lowest BCUT2D eigenvalue weighted by molar-refractivity contribution is -0.116. The maximum absolute atomic E-state index is 13.1. The number of methoxy groups -OCH3 is 1. The topological polar surface area (TPSA) is 120 Å². The zero-order valence-electron chi connectivity index (χ0n) is 16.6. The number of rotatable bonds is 6. The van der Waals surface area contributed by atoms with Crippen LogP contribution in [-0.4, -0.2) is 61.6 Å². The van der Waals surface area contributed by atoms with Crippen molar-refractivity contribution in [3.63, 3.8) is 0 Å². The Hall–Kier alpha value is -2.80. The molecule has 0 spiro atoms. The molecule has 3 aromatic rings. The summed E-state index contributed by atoms with van der Waals surface area (Å²) in [6.07, 6.45) is 1.32. The van der Waals surface area contributed by atoms with E-state index in [1.165, 1.54) is 51.8 Å². The highest BCUT2D eigenvalue weighted by Gasteiger charge is 2.29. The summed E-state index contributed by atoms with van der Waals surface area (Å²) >= 11 is 1.35. The third-order valence-corrected chi connectivity index (χ3v) is 7.54. The molecule has 0 bridgehead atoms. The molecular formula is C19H20N4O6S2. The Morgan fingerprint density at radius 2 is 2.06 bits per heavy atom. The Labute approximate surface area is 182 Å². The zero-order chi connectivity index (χ0) is 22.0. The fourth-order valence-corrected chi connectivity index (χ4v) is 5.56. The molecule has 1 fully saturated rings. The predicted molar refractivity (Wildman–Crippen MR) is 115 cm³/mol. The van der Waals surface area contributed by atoms with Gasteiger partial charge in [-0.3, -0.25) is 14.2 Å². The number of carbonyl (C=O) groups is 1. The maximum Gasteiger partial charge on any atom is 0.262 e. The number of fused-ring (bicyclic) bond motifs is 1. The van der Waals surface area contributed by atoms with Gasteiger partial charge in [0.15, 0.2) is 0 Å². The van der Waals surface area contributed by atoms with Crippen molar-refractivity contribution in [3.8, 4) is 5.75 Å². The standard InChI is InChI=1S/C19H20N4O6S2/c1-28-15-3-2-13(10-16(15)31(26,27)23-5-7-29-8-6-23)21-17(24)11-22-12-20-18-14(19(22)25)4-9-30-18/h2-4,9-10,12H,5-8,11H2,1H3,(H,21,24). The van der Waals surface area contributed by atoms with E-state index in [0.717, 1.165) is 0 Å². The van der Waals surface area contributed by atoms with Crippen molar-refractivity contribution in [1.82, 2.24) is 13.9 Å². The lowest BCUT2D eigenvalue weighted by Crippen LogP contribution is -2.40. The summed E-state index contributed by atoms with van der Waals surface area (Å²) in [5.74, 6) is -0.314. The Kier molecular flexibility index (Phi) is 6.05. The highest BCUT2D eigenvalue weighted by molar-refractivity contribution is 7.89. The fourth-order valence-electron chi connectivity index (χ4n) is 3.24. The Balaban J connectivity index is 1.57. The number of ether oxygens (including phenoxy) is 2. The van der Waals surface area contributed by atoms with Crippen LogP contribution >= 0.6 is 11.3 Å². The van der Waals surface area contributed by atoms with Gasteiger partial charge in [-0.1, -0.05) is 0 Å². The summed E-state index contributed by atoms with van der Waals surface area (Å²) in [6.45, 7) is 0.853. The highest BCUT2D eigenvalue weighted by atomic mass is 32.2. The van der Waals surface area contributed by atoms with E-state index in [1.54, 1.807) is 11.4 Å². The molecule has 1 amide bonds. The van der Waals surface area contributed by atoms with Gasteiger partial charge < -0.3 is 14.8 Å². The molecule has 1 aliphatic rings. The number of hydrogen-bond donors (Lipinski definition) is 1. The van der Waals surface area contributed by atoms with Crippen molar-refractivity contribution in [2.75, 3.05) is 38.7 Å². The van der Waals surface area contributed by atoms with Gasteiger partial charge in [0.2, 0.25) is 15.9 Å². The van der Waals surface area contributed by atoms with Gasteiger partial charge in [0.1, 0.15) is 22.0 Å². The Bertz CT molecular complexity index is 1280. The summed E-state index contributed by atoms with van der Waals surface area (Å²) in [5, 5.41) is 4.85. The normalized spacial score (nSPS) is 15.1. The van der Waals surface area contributed by atoms with Crippen molar-refractivity contribution >= 4 is 43.2 Å². The van der Waals surface area contributed by atoms with Gasteiger partial charge in [-0.15, -0.1) is 11.3 Å². The molecule has 0 unspecified atom stereocenters. The third-order valence-electron chi connectivity index (χ3n) is 4.80. The van der Waals surface area contributed by atoms with Crippen LogP contribution in [0.2, 0.25) is 0 Å². The Morgan fingerprint density at radius 1 is 1.29 bits per heavy atom. The van der Waals surface area contributed by atoms with E-state index in [4.69, 9.17) is 9.47 Å². The van der Waals surface area contributed by atoms with Crippen LogP contribution < -0.4 is 15.6 Å². The molecule has 1 N–H and O–H groups in total. The molecule has 1 aromatic carbocycles. The number of benzene rings is 1. The van der Waals surface area contributed by atoms with Crippen molar-refractivity contribution in [2.24, 2.45) is 0 Å². The van der Waals surface area contributed by atoms with Crippen molar-refractivity contribution in [3.05, 3.63) is 46.3 Å². The van der Waals surface area contributed by atoms with Gasteiger partial charge >= 0.3 is 0 Å². The molecule has 0 aliphatic carbocycles. The summed E-state index contributed by atoms with van der Waals surface area (Å²) < 4.78 is 39.1. The van der Waals surface area contributed by atoms with E-state index in [9.17, 15) is 18.0 Å². The molecule has 31 heavy (non-hydrogen) atoms. The van der Waals surface area contributed by atoms with Crippen molar-refractivity contribution < 1.29 is 22.7 Å². The van der Waals surface area contributed by atoms with Crippen molar-refractivity contribution in [2.45, 2.75) is 11.4 Å². The first-order valence-corrected chi connectivity index (χ1v) is 11.7. The second-order valence-electron chi connectivity index (χ2n) is 6.75. The molecule has 4 rings (SSSR count). The zero-order valence-corrected chi connectivity index (χ0v) is 18.2. The van der Waals surface area contributed by atoms with Crippen LogP contribution in [0.25, 0.3) is 10.2 Å². The quantitative estimate of drug-likeness (QED) is 0.581. The summed E-state index contributed by atoms with van der Waals surface area (Å²) in [5.41, 5.74) is -0.0398. The van der Waals surface area contributed by atoms with Gasteiger partial charge in [0.25, 0.3) is 5.56 Å². The number of amides is 1. The lowest BCUT2D eigenvalue weighted by atomic mass is 10.3. The van der Waals surface area contributed by atoms with E-state index in [0.29, 0.717) is 23.4 Å². The number of thiophene rings is 1. The van der Waals surface area contributed by atoms with Gasteiger partial charge in [-0.2, -0.15) is 4.31 Å². The van der Waals surface area contributed by atoms with Crippen LogP contribution in [-0.2, 0) is 26.1 Å². The number of aromatic nitrogens is 2. The molecule has 10 nitrogen and oxygen atoms in total. The number of nitrogens with one attached hydrogen (secondary N) is 1. The highest BCUT2D eigenvalue weighted by Crippen LogP contribution is 2.30. The molecule has 2 aromatic heterocycles. The molecule has 1 saturated heterocycles. The first-order valence-electron chi connectivity index (χ1n) is 9.38. The largest absolute Gasteiger partial charge is 0.495 e. The first kappa shape index (κ1) is 21.4. The molecule has 1 aliphatic heterocycles. The van der Waals surface area contributed by atoms with Gasteiger partial charge in [-0.05, 0) is 29.6 Å². The number of morpholine rings is 1. The number of anilines is 1. The summed E-state index contributed by atoms with van der Waals surface area (Å²) in [7, 11) is -2.45. The Morgan fingerprint density at radius 3 is 2.81 bits per heavy atom. The number of hydrogen-bond acceptors (Lipinski definition) is 8. The molecule has 0 radical (unpaired) electrons. The van der Waals surface area contributed by atoms with Gasteiger partial charge in [0, 0.05) is 18.8 Å². The van der Waals surface area contributed by atoms with Crippen LogP contribution in [0.4, 0.5) is 5.69 Å². The van der Waals surface area contributed by atoms with Crippen LogP contribution in [0.15, 0.2) is 45.7 Å². The van der Waals surface area contributed by atoms with E-state index in [1.807, 2.05) is 0 Å². The second kappa shape index (κ2) is 8.75. The molecular weight excluding hydrogens is 444 g/mol. The molecule has 3 heterocycles. The van der Waals surface area contributed by atoms with Gasteiger partial charge in [-0.25, -0.2) is 13.4 Å². The van der Waals surface area contributed by atoms with Crippen LogP contribution in [0.3, 0.4) is 0 Å². The van der Waals surface area contributed by atoms with Crippen LogP contribution in [0.1, 0.15) is 0 Å². The molecule has 12 heteroatoms. The van der Waals surface area contributed by atoms with E-state index >= 15 is 0 Å². The minimum absolute atomic E-state index is 0.0479. The summed E-state index contributed by atoms with van der Waals surface area (Å²) in [6, 6.07) is 6.03. The smallest absolute Gasteiger partial charge is 0.262 e. The second-order valence-corrected chi connectivity index (χ2v) is 9.55. The number of carbonyl (C=O) groups excluding carboxylic acids is 1. The third kappa shape index (κ3) is 4.32. The van der Waals surface area contributed by atoms with Gasteiger partial charge in [0.05, 0.1) is 32.0 Å². The van der Waals surface area contributed by atoms with E-state index in [-0.39, 0.29) is 41.5 Å². The number of sulfonamides is 1. The average molecular weight is 465 g/mol. The SMILES string of the molecule is COc1ccc(NC(=O)Cn2cnc3sccc3c2=O)cc1S(=O)(=O)N1CCOCC1. The first-order chi connectivity index (χ1) is 14.9. The van der Waals surface area contributed by atoms with E-state index < -0.39 is 15.9 Å². The number of nitrogens with zero attached hydrogens (tertiary/aromatic N) is 3.